The van der Waals surface area contributed by atoms with Gasteiger partial charge >= 0.3 is 5.97 Å². The molecule has 0 saturated heterocycles. The largest absolute Gasteiger partial charge is 0.490 e. The van der Waals surface area contributed by atoms with Gasteiger partial charge in [0, 0.05) is 18.4 Å². The quantitative estimate of drug-likeness (QED) is 0.539. The van der Waals surface area contributed by atoms with Gasteiger partial charge in [-0.15, -0.1) is 0 Å². The van der Waals surface area contributed by atoms with E-state index in [2.05, 4.69) is 11.4 Å². The Morgan fingerprint density at radius 3 is 2.50 bits per heavy atom. The molecule has 0 aromatic heterocycles. The summed E-state index contributed by atoms with van der Waals surface area (Å²) in [5.41, 5.74) is -0.437. The molecule has 30 heavy (non-hydrogen) atoms. The molecular formula is C22H26N2O6. The number of rotatable bonds is 7. The minimum atomic E-state index is -0.866. The molecular weight excluding hydrogens is 388 g/mol. The number of nitrogens with zero attached hydrogens (tertiary/aromatic N) is 1. The van der Waals surface area contributed by atoms with Crippen LogP contribution in [0.5, 0.6) is 11.5 Å². The number of benzene rings is 1. The molecule has 8 nitrogen and oxygen atoms in total. The van der Waals surface area contributed by atoms with E-state index in [0.29, 0.717) is 43.1 Å². The van der Waals surface area contributed by atoms with Gasteiger partial charge in [-0.2, -0.15) is 5.26 Å². The Balaban J connectivity index is 1.43. The summed E-state index contributed by atoms with van der Waals surface area (Å²) in [7, 11) is 0. The first-order valence-corrected chi connectivity index (χ1v) is 10.3. The third kappa shape index (κ3) is 5.72. The molecule has 0 unspecified atom stereocenters. The highest BCUT2D eigenvalue weighted by atomic mass is 16.5. The number of Topliss-reactive ketones (excluding diaryl/α,β-unsaturated/α-hetero) is 1. The molecule has 8 heteroatoms. The normalized spacial score (nSPS) is 17.2. The molecule has 0 bridgehead atoms. The van der Waals surface area contributed by atoms with E-state index in [1.807, 2.05) is 0 Å². The van der Waals surface area contributed by atoms with Gasteiger partial charge in [-0.25, -0.2) is 0 Å². The topological polar surface area (TPSA) is 115 Å². The van der Waals surface area contributed by atoms with E-state index in [1.54, 1.807) is 18.2 Å². The molecule has 0 radical (unpaired) electrons. The van der Waals surface area contributed by atoms with Gasteiger partial charge in [0.2, 0.25) is 0 Å². The zero-order chi connectivity index (χ0) is 21.4. The monoisotopic (exact) mass is 414 g/mol. The molecule has 1 fully saturated rings. The Labute approximate surface area is 175 Å². The number of carbonyl (C=O) groups excluding carboxylic acids is 3. The minimum Gasteiger partial charge on any atom is -0.490 e. The van der Waals surface area contributed by atoms with Crippen LogP contribution in [0.15, 0.2) is 18.2 Å². The zero-order valence-corrected chi connectivity index (χ0v) is 16.9. The molecule has 160 valence electrons. The van der Waals surface area contributed by atoms with Gasteiger partial charge in [-0.05, 0) is 31.0 Å². The molecule has 2 aliphatic rings. The fourth-order valence-corrected chi connectivity index (χ4v) is 3.64. The number of carbonyl (C=O) groups is 3. The van der Waals surface area contributed by atoms with Gasteiger partial charge in [0.25, 0.3) is 5.91 Å². The maximum Gasteiger partial charge on any atom is 0.306 e. The third-order valence-electron chi connectivity index (χ3n) is 5.29. The number of hydrogen-bond acceptors (Lipinski definition) is 7. The Kier molecular flexibility index (Phi) is 7.28. The van der Waals surface area contributed by atoms with E-state index in [1.165, 1.54) is 0 Å². The number of hydrogen-bond donors (Lipinski definition) is 1. The van der Waals surface area contributed by atoms with Crippen molar-refractivity contribution in [3.63, 3.8) is 0 Å². The highest BCUT2D eigenvalue weighted by Gasteiger charge is 2.33. The summed E-state index contributed by atoms with van der Waals surface area (Å²) in [6, 6.07) is 7.13. The van der Waals surface area contributed by atoms with E-state index in [4.69, 9.17) is 14.2 Å². The summed E-state index contributed by atoms with van der Waals surface area (Å²) in [5.74, 6) is -0.240. The highest BCUT2D eigenvalue weighted by molar-refractivity contribution is 5.98. The fourth-order valence-electron chi connectivity index (χ4n) is 3.64. The Morgan fingerprint density at radius 2 is 1.77 bits per heavy atom. The van der Waals surface area contributed by atoms with Gasteiger partial charge in [0.1, 0.15) is 5.54 Å². The van der Waals surface area contributed by atoms with Gasteiger partial charge in [0.05, 0.1) is 25.7 Å². The second kappa shape index (κ2) is 10.1. The first kappa shape index (κ1) is 21.6. The molecule has 1 aliphatic heterocycles. The van der Waals surface area contributed by atoms with Crippen molar-refractivity contribution in [1.82, 2.24) is 5.32 Å². The van der Waals surface area contributed by atoms with Crippen molar-refractivity contribution >= 4 is 17.7 Å². The summed E-state index contributed by atoms with van der Waals surface area (Å²) in [6.07, 6.45) is 4.62. The van der Waals surface area contributed by atoms with Crippen molar-refractivity contribution in [3.8, 4) is 17.6 Å². The van der Waals surface area contributed by atoms with Crippen LogP contribution >= 0.6 is 0 Å². The fraction of sp³-hybridized carbons (Fsp3) is 0.545. The first-order chi connectivity index (χ1) is 14.5. The van der Waals surface area contributed by atoms with Crippen molar-refractivity contribution in [2.45, 2.75) is 56.9 Å². The van der Waals surface area contributed by atoms with Gasteiger partial charge in [-0.3, -0.25) is 14.4 Å². The molecule has 1 heterocycles. The average Bonchev–Trinajstić information content (AvgIpc) is 3.01. The number of ketones is 1. The second-order valence-corrected chi connectivity index (χ2v) is 7.60. The van der Waals surface area contributed by atoms with Crippen LogP contribution in [-0.2, 0) is 14.3 Å². The van der Waals surface area contributed by atoms with Crippen molar-refractivity contribution in [2.24, 2.45) is 0 Å². The van der Waals surface area contributed by atoms with Crippen molar-refractivity contribution in [1.29, 1.82) is 5.26 Å². The van der Waals surface area contributed by atoms with Crippen LogP contribution in [-0.4, -0.2) is 43.0 Å². The van der Waals surface area contributed by atoms with Gasteiger partial charge in [0.15, 0.2) is 23.9 Å². The van der Waals surface area contributed by atoms with Gasteiger partial charge in [-0.1, -0.05) is 19.3 Å². The van der Waals surface area contributed by atoms with Crippen LogP contribution in [0.1, 0.15) is 61.7 Å². The molecule has 1 N–H and O–H groups in total. The molecule has 1 saturated carbocycles. The maximum atomic E-state index is 12.4. The minimum absolute atomic E-state index is 0.0395. The lowest BCUT2D eigenvalue weighted by molar-refractivity contribution is -0.148. The summed E-state index contributed by atoms with van der Waals surface area (Å²) in [6.45, 7) is 0.627. The van der Waals surface area contributed by atoms with Crippen molar-refractivity contribution in [3.05, 3.63) is 23.8 Å². The lowest BCUT2D eigenvalue weighted by Crippen LogP contribution is -2.50. The summed E-state index contributed by atoms with van der Waals surface area (Å²) >= 11 is 0. The van der Waals surface area contributed by atoms with Crippen LogP contribution in [0, 0.1) is 11.3 Å². The molecule has 1 aliphatic carbocycles. The summed E-state index contributed by atoms with van der Waals surface area (Å²) in [4.78, 5) is 36.4. The zero-order valence-electron chi connectivity index (χ0n) is 16.9. The second-order valence-electron chi connectivity index (χ2n) is 7.60. The van der Waals surface area contributed by atoms with E-state index in [-0.39, 0.29) is 18.6 Å². The highest BCUT2D eigenvalue weighted by Crippen LogP contribution is 2.31. The molecule has 3 rings (SSSR count). The SMILES string of the molecule is N#CC1(NC(=O)COC(=O)CCC(=O)c2ccc3c(c2)OCCCO3)CCCCC1. The predicted molar refractivity (Wildman–Crippen MR) is 106 cm³/mol. The molecule has 0 spiro atoms. The number of nitriles is 1. The lowest BCUT2D eigenvalue weighted by Gasteiger charge is -2.31. The number of amides is 1. The van der Waals surface area contributed by atoms with Crippen LogP contribution in [0.4, 0.5) is 0 Å². The number of nitrogens with one attached hydrogen (secondary N) is 1. The molecule has 1 aromatic carbocycles. The van der Waals surface area contributed by atoms with Crippen molar-refractivity contribution in [2.75, 3.05) is 19.8 Å². The molecule has 1 aromatic rings. The Bertz CT molecular complexity index is 839. The van der Waals surface area contributed by atoms with Crippen LogP contribution in [0.2, 0.25) is 0 Å². The molecule has 0 atom stereocenters. The summed E-state index contributed by atoms with van der Waals surface area (Å²) < 4.78 is 16.1. The predicted octanol–water partition coefficient (Wildman–Crippen LogP) is 2.70. The third-order valence-corrected chi connectivity index (χ3v) is 5.29. The van der Waals surface area contributed by atoms with Crippen LogP contribution in [0.25, 0.3) is 0 Å². The average molecular weight is 414 g/mol. The number of esters is 1. The first-order valence-electron chi connectivity index (χ1n) is 10.3. The van der Waals surface area contributed by atoms with Crippen LogP contribution in [0.3, 0.4) is 0 Å². The van der Waals surface area contributed by atoms with E-state index >= 15 is 0 Å². The van der Waals surface area contributed by atoms with Gasteiger partial charge < -0.3 is 19.5 Å². The maximum absolute atomic E-state index is 12.4. The Morgan fingerprint density at radius 1 is 1.03 bits per heavy atom. The Hall–Kier alpha value is -3.08. The molecule has 1 amide bonds. The van der Waals surface area contributed by atoms with E-state index in [9.17, 15) is 19.6 Å². The van der Waals surface area contributed by atoms with E-state index in [0.717, 1.165) is 25.7 Å². The summed E-state index contributed by atoms with van der Waals surface area (Å²) in [5, 5.41) is 12.1. The smallest absolute Gasteiger partial charge is 0.306 e. The number of ether oxygens (including phenoxy) is 3. The van der Waals surface area contributed by atoms with Crippen LogP contribution < -0.4 is 14.8 Å². The standard InChI is InChI=1S/C22H26N2O6/c23-15-22(9-2-1-3-10-22)24-20(26)14-30-21(27)8-6-17(25)16-5-7-18-19(13-16)29-12-4-11-28-18/h5,7,13H,1-4,6,8-12,14H2,(H,24,26). The number of fused-ring (bicyclic) bond motifs is 1. The lowest BCUT2D eigenvalue weighted by atomic mass is 9.83. The van der Waals surface area contributed by atoms with Crippen molar-refractivity contribution < 1.29 is 28.6 Å². The van der Waals surface area contributed by atoms with E-state index < -0.39 is 24.0 Å².